The predicted octanol–water partition coefficient (Wildman–Crippen LogP) is 5.54. The van der Waals surface area contributed by atoms with Gasteiger partial charge in [0.25, 0.3) is 10.0 Å². The Balaban J connectivity index is 1.95. The third-order valence-corrected chi connectivity index (χ3v) is 6.79. The lowest BCUT2D eigenvalue weighted by Gasteiger charge is -2.19. The second-order valence-electron chi connectivity index (χ2n) is 8.31. The summed E-state index contributed by atoms with van der Waals surface area (Å²) >= 11 is 12.0. The van der Waals surface area contributed by atoms with Crippen LogP contribution in [-0.2, 0) is 15.4 Å². The van der Waals surface area contributed by atoms with Crippen molar-refractivity contribution in [2.24, 2.45) is 4.99 Å². The average Bonchev–Trinajstić information content (AvgIpc) is 2.75. The number of benzene rings is 3. The second-order valence-corrected chi connectivity index (χ2v) is 10.8. The Hall–Kier alpha value is -2.74. The van der Waals surface area contributed by atoms with Gasteiger partial charge in [-0.25, -0.2) is 8.42 Å². The minimum absolute atomic E-state index is 0.0877. The molecule has 3 aromatic rings. The predicted molar refractivity (Wildman–Crippen MR) is 132 cm³/mol. The Morgan fingerprint density at radius 3 is 2.27 bits per heavy atom. The summed E-state index contributed by atoms with van der Waals surface area (Å²) in [7, 11) is -2.53. The molecule has 0 aliphatic carbocycles. The normalized spacial score (nSPS) is 12.5. The molecule has 0 aliphatic rings. The second kappa shape index (κ2) is 9.63. The Labute approximate surface area is 203 Å². The molecule has 0 aromatic heterocycles. The van der Waals surface area contributed by atoms with Crippen molar-refractivity contribution in [1.82, 2.24) is 0 Å². The maximum Gasteiger partial charge on any atom is 0.262 e. The van der Waals surface area contributed by atoms with Crippen molar-refractivity contribution in [2.75, 3.05) is 11.8 Å². The Bertz CT molecular complexity index is 1300. The molecule has 33 heavy (non-hydrogen) atoms. The van der Waals surface area contributed by atoms with E-state index in [0.29, 0.717) is 5.02 Å². The molecule has 0 saturated heterocycles. The van der Waals surface area contributed by atoms with E-state index in [0.717, 1.165) is 5.56 Å². The van der Waals surface area contributed by atoms with E-state index in [-0.39, 0.29) is 38.0 Å². The van der Waals surface area contributed by atoms with Crippen molar-refractivity contribution in [3.05, 3.63) is 81.8 Å². The van der Waals surface area contributed by atoms with Crippen LogP contribution in [0.1, 0.15) is 31.9 Å². The van der Waals surface area contributed by atoms with Gasteiger partial charge in [-0.3, -0.25) is 9.71 Å². The van der Waals surface area contributed by atoms with Crippen LogP contribution in [-0.4, -0.2) is 21.4 Å². The van der Waals surface area contributed by atoms with E-state index >= 15 is 0 Å². The zero-order valence-electron chi connectivity index (χ0n) is 18.5. The van der Waals surface area contributed by atoms with Gasteiger partial charge in [-0.2, -0.15) is 0 Å². The van der Waals surface area contributed by atoms with Gasteiger partial charge < -0.3 is 9.84 Å². The summed E-state index contributed by atoms with van der Waals surface area (Å²) in [5.41, 5.74) is 1.37. The number of hydrogen-bond acceptors (Lipinski definition) is 5. The molecule has 0 bridgehead atoms. The largest absolute Gasteiger partial charge is 0.858 e. The van der Waals surface area contributed by atoms with Crippen LogP contribution in [0.3, 0.4) is 0 Å². The van der Waals surface area contributed by atoms with Gasteiger partial charge in [0.05, 0.1) is 28.4 Å². The fraction of sp³-hybridized carbons (Fsp3) is 0.208. The smallest absolute Gasteiger partial charge is 0.262 e. The highest BCUT2D eigenvalue weighted by molar-refractivity contribution is 7.92. The number of anilines is 1. The summed E-state index contributed by atoms with van der Waals surface area (Å²) in [6.07, 6.45) is 0. The number of ether oxygens (including phenoxy) is 1. The van der Waals surface area contributed by atoms with Gasteiger partial charge in [0, 0.05) is 5.02 Å². The van der Waals surface area contributed by atoms with Gasteiger partial charge in [0.15, 0.2) is 0 Å². The first-order chi connectivity index (χ1) is 15.4. The van der Waals surface area contributed by atoms with Gasteiger partial charge in [-0.1, -0.05) is 62.2 Å². The molecule has 6 nitrogen and oxygen atoms in total. The van der Waals surface area contributed by atoms with E-state index in [4.69, 9.17) is 27.9 Å². The number of methoxy groups -OCH3 is 1. The van der Waals surface area contributed by atoms with Gasteiger partial charge in [-0.15, -0.1) is 0 Å². The molecule has 0 saturated carbocycles. The first-order valence-corrected chi connectivity index (χ1v) is 12.2. The quantitative estimate of drug-likeness (QED) is 0.351. The summed E-state index contributed by atoms with van der Waals surface area (Å²) in [5, 5.41) is 13.4. The zero-order chi connectivity index (χ0) is 24.4. The van der Waals surface area contributed by atoms with Crippen molar-refractivity contribution in [3.63, 3.8) is 0 Å². The minimum atomic E-state index is -3.93. The van der Waals surface area contributed by atoms with Crippen LogP contribution in [0, 0.1) is 0 Å². The highest BCUT2D eigenvalue weighted by Crippen LogP contribution is 2.31. The Morgan fingerprint density at radius 1 is 1.00 bits per heavy atom. The first-order valence-electron chi connectivity index (χ1n) is 9.93. The lowest BCUT2D eigenvalue weighted by atomic mass is 9.87. The fourth-order valence-corrected chi connectivity index (χ4v) is 4.39. The fourth-order valence-electron chi connectivity index (χ4n) is 3.00. The van der Waals surface area contributed by atoms with Crippen molar-refractivity contribution < 1.29 is 18.3 Å². The molecule has 3 aromatic carbocycles. The van der Waals surface area contributed by atoms with Gasteiger partial charge in [0.2, 0.25) is 0 Å². The minimum Gasteiger partial charge on any atom is -0.858 e. The molecule has 174 valence electrons. The monoisotopic (exact) mass is 505 g/mol. The van der Waals surface area contributed by atoms with Crippen molar-refractivity contribution in [1.29, 1.82) is 0 Å². The molecular weight excluding hydrogens is 483 g/mol. The molecule has 0 spiro atoms. The average molecular weight is 506 g/mol. The lowest BCUT2D eigenvalue weighted by Crippen LogP contribution is -2.20. The van der Waals surface area contributed by atoms with E-state index < -0.39 is 15.9 Å². The molecule has 0 amide bonds. The standard InChI is InChI=1S/C24H24Cl2N2O4S/c1-24(2,3)16-6-9-18(10-7-16)33(30,31)28-21-13-15(5-12-22(21)32-4)23(29)27-20-14-17(25)8-11-19(20)26/h5-14,28H,1-4H3,(H,27,29)/p-1. The summed E-state index contributed by atoms with van der Waals surface area (Å²) in [5.74, 6) is -0.362. The van der Waals surface area contributed by atoms with Crippen LogP contribution in [0.4, 0.5) is 11.4 Å². The van der Waals surface area contributed by atoms with Crippen LogP contribution in [0.25, 0.3) is 0 Å². The number of nitrogens with zero attached hydrogens (tertiary/aromatic N) is 1. The molecule has 0 radical (unpaired) electrons. The summed E-state index contributed by atoms with van der Waals surface area (Å²) in [6.45, 7) is 6.14. The van der Waals surface area contributed by atoms with Crippen LogP contribution in [0.5, 0.6) is 5.75 Å². The summed E-state index contributed by atoms with van der Waals surface area (Å²) < 4.78 is 33.7. The number of sulfonamides is 1. The lowest BCUT2D eigenvalue weighted by molar-refractivity contribution is -0.212. The molecule has 0 aliphatic heterocycles. The number of halogens is 2. The van der Waals surface area contributed by atoms with E-state index in [1.807, 2.05) is 20.8 Å². The summed E-state index contributed by atoms with van der Waals surface area (Å²) in [4.78, 5) is 4.09. The molecule has 9 heteroatoms. The number of nitrogens with one attached hydrogen (secondary N) is 1. The van der Waals surface area contributed by atoms with E-state index in [1.165, 1.54) is 37.4 Å². The van der Waals surface area contributed by atoms with Gasteiger partial charge in [-0.05, 0) is 64.9 Å². The SMILES string of the molecule is COc1ccc(C([O-])=Nc2cc(Cl)ccc2Cl)cc1NS(=O)(=O)c1ccc(C(C)(C)C)cc1. The molecule has 0 fully saturated rings. The van der Waals surface area contributed by atoms with Gasteiger partial charge >= 0.3 is 0 Å². The number of hydrogen-bond donors (Lipinski definition) is 1. The van der Waals surface area contributed by atoms with Crippen molar-refractivity contribution in [3.8, 4) is 5.75 Å². The third kappa shape index (κ3) is 5.99. The molecule has 0 atom stereocenters. The van der Waals surface area contributed by atoms with Crippen LogP contribution >= 0.6 is 23.2 Å². The van der Waals surface area contributed by atoms with E-state index in [9.17, 15) is 13.5 Å². The van der Waals surface area contributed by atoms with E-state index in [2.05, 4.69) is 9.71 Å². The molecular formula is C24H23Cl2N2O4S-. The molecule has 3 rings (SSSR count). The van der Waals surface area contributed by atoms with Crippen molar-refractivity contribution in [2.45, 2.75) is 31.1 Å². The Kier molecular flexibility index (Phi) is 7.26. The van der Waals surface area contributed by atoms with Crippen LogP contribution < -0.4 is 14.6 Å². The molecule has 0 unspecified atom stereocenters. The third-order valence-electron chi connectivity index (χ3n) is 4.85. The first kappa shape index (κ1) is 24.9. The van der Waals surface area contributed by atoms with E-state index in [1.54, 1.807) is 30.3 Å². The van der Waals surface area contributed by atoms with Crippen LogP contribution in [0.15, 0.2) is 70.6 Å². The number of aliphatic imine (C=N–C) groups is 1. The number of rotatable bonds is 6. The highest BCUT2D eigenvalue weighted by Gasteiger charge is 2.19. The summed E-state index contributed by atoms with van der Waals surface area (Å²) in [6, 6.07) is 15.6. The highest BCUT2D eigenvalue weighted by atomic mass is 35.5. The molecule has 0 heterocycles. The van der Waals surface area contributed by atoms with Gasteiger partial charge in [0.1, 0.15) is 5.75 Å². The topological polar surface area (TPSA) is 90.8 Å². The maximum atomic E-state index is 13.0. The maximum absolute atomic E-state index is 13.0. The van der Waals surface area contributed by atoms with Crippen molar-refractivity contribution >= 4 is 50.5 Å². The molecule has 1 N–H and O–H groups in total. The zero-order valence-corrected chi connectivity index (χ0v) is 20.8. The van der Waals surface area contributed by atoms with Crippen LogP contribution in [0.2, 0.25) is 10.0 Å². The Morgan fingerprint density at radius 2 is 1.67 bits per heavy atom.